The van der Waals surface area contributed by atoms with Crippen molar-refractivity contribution in [2.75, 3.05) is 59.2 Å². The Balaban J connectivity index is 1.52. The van der Waals surface area contributed by atoms with Crippen LogP contribution in [0, 0.1) is 0 Å². The molecule has 0 radical (unpaired) electrons. The van der Waals surface area contributed by atoms with Crippen LogP contribution in [0.2, 0.25) is 5.02 Å². The van der Waals surface area contributed by atoms with Crippen LogP contribution in [0.4, 0.5) is 5.69 Å². The smallest absolute Gasteiger partial charge is 0.397 e. The number of hydrogen-bond acceptors (Lipinski definition) is 6. The zero-order valence-electron chi connectivity index (χ0n) is 18.2. The van der Waals surface area contributed by atoms with Gasteiger partial charge < -0.3 is 14.0 Å². The summed E-state index contributed by atoms with van der Waals surface area (Å²) in [5, 5.41) is 0.601. The Hall–Kier alpha value is -2.06. The summed E-state index contributed by atoms with van der Waals surface area (Å²) in [6, 6.07) is 15.4. The predicted octanol–water partition coefficient (Wildman–Crippen LogP) is 4.01. The van der Waals surface area contributed by atoms with Gasteiger partial charge in [-0.15, -0.1) is 0 Å². The number of benzene rings is 2. The molecule has 0 atom stereocenters. The van der Waals surface area contributed by atoms with E-state index in [1.54, 1.807) is 6.07 Å². The molecule has 2 aromatic carbocycles. The topological polar surface area (TPSA) is 76.0 Å². The fourth-order valence-corrected chi connectivity index (χ4v) is 6.61. The molecule has 0 spiro atoms. The van der Waals surface area contributed by atoms with Gasteiger partial charge in [0.1, 0.15) is 6.54 Å². The van der Waals surface area contributed by atoms with Crippen molar-refractivity contribution in [3.8, 4) is 0 Å². The molecule has 3 aliphatic heterocycles. The van der Waals surface area contributed by atoms with Crippen LogP contribution in [-0.2, 0) is 18.6 Å². The molecule has 5 rings (SSSR count). The molecule has 0 unspecified atom stereocenters. The first-order chi connectivity index (χ1) is 16.1. The number of ether oxygens (including phenoxy) is 2. The summed E-state index contributed by atoms with van der Waals surface area (Å²) >= 11 is 6.31. The van der Waals surface area contributed by atoms with Gasteiger partial charge in [-0.2, -0.15) is 0 Å². The molecule has 0 aliphatic carbocycles. The van der Waals surface area contributed by atoms with Crippen LogP contribution in [0.15, 0.2) is 58.5 Å². The van der Waals surface area contributed by atoms with Crippen LogP contribution in [0.1, 0.15) is 11.1 Å². The fraction of sp³-hybridized carbons (Fsp3) is 0.391. The van der Waals surface area contributed by atoms with Crippen molar-refractivity contribution in [2.24, 2.45) is 9.98 Å². The van der Waals surface area contributed by atoms with Crippen molar-refractivity contribution in [1.82, 2.24) is 9.34 Å². The highest BCUT2D eigenvalue weighted by Gasteiger charge is 2.42. The molecule has 2 fully saturated rings. The van der Waals surface area contributed by atoms with E-state index >= 15 is 0 Å². The predicted molar refractivity (Wildman–Crippen MR) is 129 cm³/mol. The van der Waals surface area contributed by atoms with Crippen molar-refractivity contribution in [2.45, 2.75) is 0 Å². The highest BCUT2D eigenvalue weighted by molar-refractivity contribution is 7.54. The van der Waals surface area contributed by atoms with Gasteiger partial charge in [0.2, 0.25) is 5.90 Å². The molecule has 2 saturated heterocycles. The molecule has 33 heavy (non-hydrogen) atoms. The Morgan fingerprint density at radius 2 is 1.55 bits per heavy atom. The van der Waals surface area contributed by atoms with Crippen LogP contribution in [-0.4, -0.2) is 80.1 Å². The second kappa shape index (κ2) is 10.1. The summed E-state index contributed by atoms with van der Waals surface area (Å²) < 4.78 is 35.5. The van der Waals surface area contributed by atoms with E-state index in [1.165, 1.54) is 0 Å². The third-order valence-electron chi connectivity index (χ3n) is 5.79. The van der Waals surface area contributed by atoms with Crippen LogP contribution in [0.25, 0.3) is 0 Å². The Morgan fingerprint density at radius 3 is 2.18 bits per heavy atom. The van der Waals surface area contributed by atoms with Crippen molar-refractivity contribution in [1.29, 1.82) is 0 Å². The second-order valence-electron chi connectivity index (χ2n) is 7.91. The van der Waals surface area contributed by atoms with E-state index < -0.39 is 7.67 Å². The van der Waals surface area contributed by atoms with Crippen LogP contribution < -0.4 is 0 Å². The summed E-state index contributed by atoms with van der Waals surface area (Å²) in [6.07, 6.45) is 0. The van der Waals surface area contributed by atoms with E-state index in [4.69, 9.17) is 35.6 Å². The molecule has 0 amide bonds. The minimum absolute atomic E-state index is 0.176. The SMILES string of the molecule is O=P(OC1=Nc2ccc(Cl)cc2C(c2ccccc2)=NC1)(N1CCOCC1)N1CCOCC1. The number of halogens is 1. The number of morpholine rings is 2. The largest absolute Gasteiger partial charge is 0.405 e. The normalized spacial score (nSPS) is 20.4. The van der Waals surface area contributed by atoms with Gasteiger partial charge >= 0.3 is 7.67 Å². The Bertz CT molecular complexity index is 1080. The Labute approximate surface area is 198 Å². The summed E-state index contributed by atoms with van der Waals surface area (Å²) in [4.78, 5) is 9.59. The van der Waals surface area contributed by atoms with E-state index in [2.05, 4.69) is 0 Å². The van der Waals surface area contributed by atoms with Gasteiger partial charge in [0.15, 0.2) is 0 Å². The molecule has 0 aromatic heterocycles. The molecule has 0 saturated carbocycles. The average Bonchev–Trinajstić information content (AvgIpc) is 3.04. The lowest BCUT2D eigenvalue weighted by Gasteiger charge is -2.40. The molecule has 174 valence electrons. The minimum Gasteiger partial charge on any atom is -0.405 e. The van der Waals surface area contributed by atoms with E-state index in [-0.39, 0.29) is 6.54 Å². The van der Waals surface area contributed by atoms with Gasteiger partial charge in [-0.05, 0) is 18.2 Å². The molecule has 10 heteroatoms. The molecule has 3 aliphatic rings. The van der Waals surface area contributed by atoms with Crippen LogP contribution >= 0.6 is 19.3 Å². The first-order valence-corrected chi connectivity index (χ1v) is 13.0. The zero-order chi connectivity index (χ0) is 22.7. The number of fused-ring (bicyclic) bond motifs is 1. The molecule has 8 nitrogen and oxygen atoms in total. The van der Waals surface area contributed by atoms with Crippen LogP contribution in [0.3, 0.4) is 0 Å². The van der Waals surface area contributed by atoms with Crippen molar-refractivity contribution >= 4 is 36.6 Å². The highest BCUT2D eigenvalue weighted by Crippen LogP contribution is 2.55. The lowest BCUT2D eigenvalue weighted by molar-refractivity contribution is 0.0440. The highest BCUT2D eigenvalue weighted by atomic mass is 35.5. The third kappa shape index (κ3) is 4.92. The van der Waals surface area contributed by atoms with E-state index in [0.717, 1.165) is 16.8 Å². The summed E-state index contributed by atoms with van der Waals surface area (Å²) in [5.41, 5.74) is 3.25. The molecular formula is C23H26ClN4O4P. The molecule has 0 N–H and O–H groups in total. The minimum atomic E-state index is -3.39. The van der Waals surface area contributed by atoms with Gasteiger partial charge in [-0.25, -0.2) is 18.9 Å². The van der Waals surface area contributed by atoms with Gasteiger partial charge in [-0.1, -0.05) is 41.9 Å². The first-order valence-electron chi connectivity index (χ1n) is 11.1. The van der Waals surface area contributed by atoms with E-state index in [1.807, 2.05) is 51.8 Å². The Kier molecular flexibility index (Phi) is 6.92. The second-order valence-corrected chi connectivity index (χ2v) is 10.6. The average molecular weight is 489 g/mol. The number of aliphatic imine (C=N–C) groups is 2. The van der Waals surface area contributed by atoms with Crippen LogP contribution in [0.5, 0.6) is 0 Å². The fourth-order valence-electron chi connectivity index (χ4n) is 4.13. The summed E-state index contributed by atoms with van der Waals surface area (Å²) in [5.74, 6) is 0.325. The van der Waals surface area contributed by atoms with Gasteiger partial charge in [0, 0.05) is 42.3 Å². The first kappa shape index (κ1) is 22.7. The molecule has 0 bridgehead atoms. The standard InChI is InChI=1S/C23H26ClN4O4P/c24-19-6-7-21-20(16-19)23(18-4-2-1-3-5-18)25-17-22(26-21)32-33(29,27-8-12-30-13-9-27)28-10-14-31-15-11-28/h1-7,16H,8-15,17H2. The maximum absolute atomic E-state index is 14.4. The molecular weight excluding hydrogens is 463 g/mol. The lowest BCUT2D eigenvalue weighted by Crippen LogP contribution is -2.44. The molecule has 3 heterocycles. The lowest BCUT2D eigenvalue weighted by atomic mass is 10.0. The monoisotopic (exact) mass is 488 g/mol. The zero-order valence-corrected chi connectivity index (χ0v) is 19.9. The summed E-state index contributed by atoms with van der Waals surface area (Å²) in [7, 11) is -3.39. The van der Waals surface area contributed by atoms with Gasteiger partial charge in [-0.3, -0.25) is 4.99 Å². The Morgan fingerprint density at radius 1 is 0.909 bits per heavy atom. The quantitative estimate of drug-likeness (QED) is 0.605. The molecule has 2 aromatic rings. The van der Waals surface area contributed by atoms with E-state index in [9.17, 15) is 4.57 Å². The van der Waals surface area contributed by atoms with Gasteiger partial charge in [0.05, 0.1) is 37.8 Å². The number of rotatable bonds is 4. The summed E-state index contributed by atoms with van der Waals surface area (Å²) in [6.45, 7) is 4.38. The maximum Gasteiger partial charge on any atom is 0.397 e. The van der Waals surface area contributed by atoms with E-state index in [0.29, 0.717) is 69.2 Å². The third-order valence-corrected chi connectivity index (χ3v) is 8.71. The van der Waals surface area contributed by atoms with Crippen molar-refractivity contribution < 1.29 is 18.6 Å². The van der Waals surface area contributed by atoms with Crippen molar-refractivity contribution in [3.63, 3.8) is 0 Å². The van der Waals surface area contributed by atoms with Gasteiger partial charge in [0.25, 0.3) is 0 Å². The van der Waals surface area contributed by atoms with Crippen molar-refractivity contribution in [3.05, 3.63) is 64.7 Å². The number of nitrogens with zero attached hydrogens (tertiary/aromatic N) is 4. The maximum atomic E-state index is 14.4. The number of hydrogen-bond donors (Lipinski definition) is 0.